The molecular formula is C51H53N5OPt-2. The van der Waals surface area contributed by atoms with Crippen LogP contribution in [0.5, 0.6) is 11.5 Å². The predicted octanol–water partition coefficient (Wildman–Crippen LogP) is 11.9. The Bertz CT molecular complexity index is 2980. The Morgan fingerprint density at radius 2 is 1.36 bits per heavy atom. The average molecular weight is 953 g/mol. The maximum atomic E-state index is 9.07. The minimum absolute atomic E-state index is 0. The van der Waals surface area contributed by atoms with E-state index in [1.54, 1.807) is 47.3 Å². The number of pyridine rings is 2. The molecule has 0 saturated carbocycles. The van der Waals surface area contributed by atoms with Crippen molar-refractivity contribution in [3.8, 4) is 28.8 Å². The van der Waals surface area contributed by atoms with Gasteiger partial charge in [0.1, 0.15) is 5.82 Å². The summed E-state index contributed by atoms with van der Waals surface area (Å²) in [6.45, 7) is 17.5. The molecule has 0 radical (unpaired) electrons. The first-order valence-electron chi connectivity index (χ1n) is 22.7. The van der Waals surface area contributed by atoms with Gasteiger partial charge in [-0.2, -0.15) is 18.2 Å². The van der Waals surface area contributed by atoms with Crippen LogP contribution in [0.1, 0.15) is 92.8 Å². The van der Waals surface area contributed by atoms with Crippen LogP contribution >= 0.6 is 0 Å². The van der Waals surface area contributed by atoms with Crippen LogP contribution in [0.15, 0.2) is 103 Å². The van der Waals surface area contributed by atoms with Gasteiger partial charge < -0.3 is 9.30 Å². The summed E-state index contributed by atoms with van der Waals surface area (Å²) in [5.41, 5.74) is 6.01. The van der Waals surface area contributed by atoms with Crippen molar-refractivity contribution in [1.82, 2.24) is 19.1 Å². The van der Waals surface area contributed by atoms with Crippen LogP contribution in [0.4, 0.5) is 0 Å². The molecular weight excluding hydrogens is 894 g/mol. The minimum Gasteiger partial charge on any atom is -0.522 e. The average Bonchev–Trinajstić information content (AvgIpc) is 3.79. The Kier molecular flexibility index (Phi) is 9.73. The molecule has 4 heterocycles. The van der Waals surface area contributed by atoms with Gasteiger partial charge in [0, 0.05) is 46.8 Å². The van der Waals surface area contributed by atoms with E-state index in [4.69, 9.17) is 22.9 Å². The zero-order valence-corrected chi connectivity index (χ0v) is 36.8. The van der Waals surface area contributed by atoms with E-state index in [-0.39, 0.29) is 44.2 Å². The van der Waals surface area contributed by atoms with Crippen molar-refractivity contribution in [3.05, 3.63) is 144 Å². The Hall–Kier alpha value is -5.06. The SMILES string of the molecule is [2H]C([2H])(c1cc(-[n+]2[c-]n(-c3[c-]c(Oc4[c-]c5c(cc4)c4ccccc4n5-c4cc(C([2H])([2H])C(C)C)ccn4)ccn3)c3ccc(C(C)(C)C)cc32)cc(C([2H])([2H])C(C)C)c1)C(C)C.[Pt]. The molecule has 0 bridgehead atoms. The molecule has 0 amide bonds. The topological polar surface area (TPSA) is 48.8 Å². The number of rotatable bonds is 11. The minimum atomic E-state index is -1.73. The number of imidazole rings is 1. The summed E-state index contributed by atoms with van der Waals surface area (Å²) < 4.78 is 66.0. The van der Waals surface area contributed by atoms with Crippen LogP contribution < -0.4 is 9.30 Å². The van der Waals surface area contributed by atoms with Gasteiger partial charge in [0.25, 0.3) is 6.33 Å². The number of fused-ring (bicyclic) bond motifs is 4. The van der Waals surface area contributed by atoms with Gasteiger partial charge in [-0.05, 0) is 101 Å². The number of para-hydroxylation sites is 1. The summed E-state index contributed by atoms with van der Waals surface area (Å²) in [6.07, 6.45) is 1.77. The second-order valence-electron chi connectivity index (χ2n) is 16.6. The van der Waals surface area contributed by atoms with Gasteiger partial charge in [-0.3, -0.25) is 14.1 Å². The molecule has 0 saturated heterocycles. The Morgan fingerprint density at radius 3 is 2.07 bits per heavy atom. The zero-order chi connectivity index (χ0) is 45.4. The molecule has 4 aromatic heterocycles. The van der Waals surface area contributed by atoms with Crippen LogP contribution in [-0.2, 0) is 45.6 Å². The molecule has 58 heavy (non-hydrogen) atoms. The molecule has 8 rings (SSSR count). The van der Waals surface area contributed by atoms with E-state index in [1.807, 2.05) is 93.1 Å². The molecule has 0 atom stereocenters. The van der Waals surface area contributed by atoms with Gasteiger partial charge in [0.15, 0.2) is 0 Å². The van der Waals surface area contributed by atoms with E-state index in [1.165, 1.54) is 0 Å². The van der Waals surface area contributed by atoms with E-state index >= 15 is 0 Å². The summed E-state index contributed by atoms with van der Waals surface area (Å²) in [5.74, 6) is 0.839. The van der Waals surface area contributed by atoms with Gasteiger partial charge in [0.05, 0.1) is 22.5 Å². The Balaban J connectivity index is 0.00000612. The van der Waals surface area contributed by atoms with Crippen LogP contribution in [0.2, 0.25) is 0 Å². The van der Waals surface area contributed by atoms with E-state index in [2.05, 4.69) is 57.4 Å². The summed E-state index contributed by atoms with van der Waals surface area (Å²) in [6, 6.07) is 35.5. The normalized spacial score (nSPS) is 14.3. The molecule has 7 heteroatoms. The van der Waals surface area contributed by atoms with Crippen LogP contribution in [-0.4, -0.2) is 19.1 Å². The second-order valence-corrected chi connectivity index (χ2v) is 16.6. The fourth-order valence-corrected chi connectivity index (χ4v) is 7.28. The van der Waals surface area contributed by atoms with Crippen molar-refractivity contribution in [2.75, 3.05) is 0 Å². The quantitative estimate of drug-likeness (QED) is 0.0959. The zero-order valence-electron chi connectivity index (χ0n) is 40.5. The Morgan fingerprint density at radius 1 is 0.690 bits per heavy atom. The molecule has 0 aliphatic carbocycles. The number of aromatic nitrogens is 5. The van der Waals surface area contributed by atoms with E-state index in [0.717, 1.165) is 38.4 Å². The van der Waals surface area contributed by atoms with Crippen molar-refractivity contribution in [3.63, 3.8) is 0 Å². The number of nitrogens with zero attached hydrogens (tertiary/aromatic N) is 5. The number of benzene rings is 4. The third-order valence-corrected chi connectivity index (χ3v) is 9.69. The van der Waals surface area contributed by atoms with Crippen LogP contribution in [0.3, 0.4) is 0 Å². The van der Waals surface area contributed by atoms with Crippen molar-refractivity contribution in [2.24, 2.45) is 17.8 Å². The number of ether oxygens (including phenoxy) is 1. The number of hydrogen-bond acceptors (Lipinski definition) is 3. The van der Waals surface area contributed by atoms with E-state index < -0.39 is 19.1 Å². The second kappa shape index (κ2) is 16.7. The summed E-state index contributed by atoms with van der Waals surface area (Å²) >= 11 is 0. The van der Waals surface area contributed by atoms with Crippen molar-refractivity contribution in [1.29, 1.82) is 0 Å². The standard InChI is InChI=1S/C51H53N5O.Pt/c1-33(2)22-36-18-20-53-50(28-36)56-45-13-11-10-12-43(45)44-16-15-41(30-47(44)56)57-42-19-21-52-49(31-42)55-32-54(48-29-39(51(7,8)9)14-17-46(48)55)40-26-37(23-34(3)4)25-38(27-40)24-35(5)6;/h10-21,25-29,33-35H,22-24H2,1-9H3;/q-2;/i22D2,23D2,24D2;. The largest absolute Gasteiger partial charge is 0.522 e. The first-order chi connectivity index (χ1) is 29.6. The molecule has 0 aliphatic heterocycles. The van der Waals surface area contributed by atoms with Gasteiger partial charge >= 0.3 is 0 Å². The molecule has 4 aromatic carbocycles. The fourth-order valence-electron chi connectivity index (χ4n) is 7.28. The maximum Gasteiger partial charge on any atom is 0.269 e. The molecule has 0 spiro atoms. The molecule has 6 nitrogen and oxygen atoms in total. The van der Waals surface area contributed by atoms with Crippen molar-refractivity contribution < 1.29 is 38.6 Å². The molecule has 0 fully saturated rings. The third kappa shape index (κ3) is 8.54. The monoisotopic (exact) mass is 952 g/mol. The molecule has 0 N–H and O–H groups in total. The summed E-state index contributed by atoms with van der Waals surface area (Å²) in [7, 11) is 0. The molecule has 0 aliphatic rings. The van der Waals surface area contributed by atoms with Gasteiger partial charge in [-0.15, -0.1) is 17.5 Å². The fraction of sp³-hybridized carbons (Fsp3) is 0.314. The third-order valence-electron chi connectivity index (χ3n) is 9.69. The van der Waals surface area contributed by atoms with Gasteiger partial charge in [-0.1, -0.05) is 122 Å². The smallest absolute Gasteiger partial charge is 0.269 e. The van der Waals surface area contributed by atoms with Gasteiger partial charge in [0.2, 0.25) is 0 Å². The summed E-state index contributed by atoms with van der Waals surface area (Å²) in [4.78, 5) is 9.43. The molecule has 300 valence electrons. The number of hydrogen-bond donors (Lipinski definition) is 0. The van der Waals surface area contributed by atoms with Crippen molar-refractivity contribution >= 4 is 32.8 Å². The predicted molar refractivity (Wildman–Crippen MR) is 232 cm³/mol. The molecule has 0 unspecified atom stereocenters. The maximum absolute atomic E-state index is 9.07. The molecule has 8 aromatic rings. The first-order valence-corrected chi connectivity index (χ1v) is 19.7. The van der Waals surface area contributed by atoms with E-state index in [0.29, 0.717) is 45.5 Å². The van der Waals surface area contributed by atoms with E-state index in [9.17, 15) is 0 Å². The Labute approximate surface area is 366 Å². The summed E-state index contributed by atoms with van der Waals surface area (Å²) in [5, 5.41) is 1.95. The van der Waals surface area contributed by atoms with Gasteiger partial charge in [-0.25, -0.2) is 4.98 Å². The van der Waals surface area contributed by atoms with Crippen LogP contribution in [0, 0.1) is 36.2 Å². The first kappa shape index (κ1) is 33.9. The van der Waals surface area contributed by atoms with Crippen molar-refractivity contribution in [2.45, 2.75) is 86.8 Å². The van der Waals surface area contributed by atoms with Crippen LogP contribution in [0.25, 0.3) is 50.2 Å².